The van der Waals surface area contributed by atoms with E-state index in [0.29, 0.717) is 5.00 Å². The molecule has 0 amide bonds. The summed E-state index contributed by atoms with van der Waals surface area (Å²) in [4.78, 5) is 8.00. The van der Waals surface area contributed by atoms with Crippen molar-refractivity contribution in [2.24, 2.45) is 0 Å². The lowest BCUT2D eigenvalue weighted by atomic mass is 10.9. The van der Waals surface area contributed by atoms with Crippen molar-refractivity contribution in [1.29, 1.82) is 0 Å². The summed E-state index contributed by atoms with van der Waals surface area (Å²) >= 11 is 2.84. The van der Waals surface area contributed by atoms with E-state index in [2.05, 4.69) is 20.2 Å². The molecule has 0 aliphatic rings. The Morgan fingerprint density at radius 2 is 2.42 bits per heavy atom. The lowest BCUT2D eigenvalue weighted by Crippen LogP contribution is -1.73. The molecule has 0 atom stereocenters. The summed E-state index contributed by atoms with van der Waals surface area (Å²) in [5, 5.41) is 7.87. The van der Waals surface area contributed by atoms with Crippen LogP contribution in [0.3, 0.4) is 0 Å². The molecule has 0 bridgehead atoms. The van der Waals surface area contributed by atoms with Crippen LogP contribution < -0.4 is 5.73 Å². The van der Waals surface area contributed by atoms with E-state index in [-0.39, 0.29) is 0 Å². The van der Waals surface area contributed by atoms with Crippen LogP contribution in [0.2, 0.25) is 0 Å². The van der Waals surface area contributed by atoms with Gasteiger partial charge in [-0.15, -0.1) is 0 Å². The maximum atomic E-state index is 5.50. The molecule has 3 N–H and O–H groups in total. The van der Waals surface area contributed by atoms with Crippen molar-refractivity contribution in [3.05, 3.63) is 12.5 Å². The Morgan fingerprint density at radius 3 is 3.00 bits per heavy atom. The molecule has 2 rings (SSSR count). The standard InChI is InChI=1S/C5H5N5S2/c6-3-1-7-5(11-3)12-4-8-2-9-10-4/h1-2H,6H2,(H,8,9,10). The zero-order chi connectivity index (χ0) is 8.39. The normalized spacial score (nSPS) is 10.3. The van der Waals surface area contributed by atoms with E-state index in [1.807, 2.05) is 0 Å². The molecule has 0 radical (unpaired) electrons. The van der Waals surface area contributed by atoms with Gasteiger partial charge in [-0.1, -0.05) is 11.3 Å². The first-order valence-electron chi connectivity index (χ1n) is 3.09. The fraction of sp³-hybridized carbons (Fsp3) is 0. The molecule has 0 aromatic carbocycles. The predicted molar refractivity (Wildman–Crippen MR) is 47.0 cm³/mol. The van der Waals surface area contributed by atoms with Gasteiger partial charge in [-0.25, -0.2) is 9.97 Å². The fourth-order valence-corrected chi connectivity index (χ4v) is 2.22. The third-order valence-electron chi connectivity index (χ3n) is 1.08. The van der Waals surface area contributed by atoms with Crippen LogP contribution in [-0.4, -0.2) is 20.2 Å². The highest BCUT2D eigenvalue weighted by molar-refractivity contribution is 8.00. The van der Waals surface area contributed by atoms with Crippen LogP contribution in [0.5, 0.6) is 0 Å². The van der Waals surface area contributed by atoms with Crippen LogP contribution in [0.25, 0.3) is 0 Å². The molecule has 2 aromatic heterocycles. The molecule has 2 heterocycles. The van der Waals surface area contributed by atoms with Gasteiger partial charge in [0.2, 0.25) is 0 Å². The van der Waals surface area contributed by atoms with Crippen LogP contribution in [-0.2, 0) is 0 Å². The first-order valence-corrected chi connectivity index (χ1v) is 4.72. The molecule has 5 nitrogen and oxygen atoms in total. The SMILES string of the molecule is Nc1cnc(Sc2ncn[nH]2)s1. The Bertz CT molecular complexity index is 354. The molecule has 62 valence electrons. The van der Waals surface area contributed by atoms with Crippen molar-refractivity contribution in [3.63, 3.8) is 0 Å². The summed E-state index contributed by atoms with van der Waals surface area (Å²) in [6, 6.07) is 0. The van der Waals surface area contributed by atoms with Crippen molar-refractivity contribution < 1.29 is 0 Å². The van der Waals surface area contributed by atoms with Gasteiger partial charge in [0.25, 0.3) is 0 Å². The van der Waals surface area contributed by atoms with Crippen LogP contribution in [0.15, 0.2) is 22.0 Å². The average molecular weight is 199 g/mol. The third-order valence-corrected chi connectivity index (χ3v) is 2.87. The van der Waals surface area contributed by atoms with E-state index < -0.39 is 0 Å². The van der Waals surface area contributed by atoms with Crippen LogP contribution in [0.4, 0.5) is 5.00 Å². The van der Waals surface area contributed by atoms with Gasteiger partial charge in [-0.3, -0.25) is 5.10 Å². The van der Waals surface area contributed by atoms with Crippen LogP contribution in [0, 0.1) is 0 Å². The van der Waals surface area contributed by atoms with E-state index in [0.717, 1.165) is 9.50 Å². The van der Waals surface area contributed by atoms with Gasteiger partial charge < -0.3 is 5.73 Å². The van der Waals surface area contributed by atoms with E-state index in [9.17, 15) is 0 Å². The van der Waals surface area contributed by atoms with Gasteiger partial charge in [0, 0.05) is 0 Å². The first kappa shape index (κ1) is 7.56. The Hall–Kier alpha value is -1.08. The van der Waals surface area contributed by atoms with E-state index in [4.69, 9.17) is 5.73 Å². The molecule has 12 heavy (non-hydrogen) atoms. The molecule has 0 saturated carbocycles. The zero-order valence-corrected chi connectivity index (χ0v) is 7.52. The third kappa shape index (κ3) is 1.56. The maximum absolute atomic E-state index is 5.50. The highest BCUT2D eigenvalue weighted by Crippen LogP contribution is 2.29. The molecule has 7 heteroatoms. The molecular formula is C5H5N5S2. The number of nitrogens with two attached hydrogens (primary N) is 1. The van der Waals surface area contributed by atoms with Gasteiger partial charge in [0.1, 0.15) is 11.3 Å². The second-order valence-corrected chi connectivity index (χ2v) is 4.22. The van der Waals surface area contributed by atoms with Crippen LogP contribution >= 0.6 is 23.1 Å². The van der Waals surface area contributed by atoms with Crippen LogP contribution in [0.1, 0.15) is 0 Å². The number of nitrogen functional groups attached to an aromatic ring is 1. The minimum atomic E-state index is 0.706. The smallest absolute Gasteiger partial charge is 0.190 e. The van der Waals surface area contributed by atoms with E-state index in [1.54, 1.807) is 6.20 Å². The Kier molecular flexibility index (Phi) is 1.96. The van der Waals surface area contributed by atoms with Gasteiger partial charge >= 0.3 is 0 Å². The number of rotatable bonds is 2. The predicted octanol–water partition coefficient (Wildman–Crippen LogP) is 0.995. The number of anilines is 1. The van der Waals surface area contributed by atoms with Crippen molar-refractivity contribution >= 4 is 28.1 Å². The summed E-state index contributed by atoms with van der Waals surface area (Å²) in [5.41, 5.74) is 5.50. The molecule has 0 saturated heterocycles. The summed E-state index contributed by atoms with van der Waals surface area (Å²) in [7, 11) is 0. The maximum Gasteiger partial charge on any atom is 0.190 e. The molecule has 0 aliphatic heterocycles. The van der Waals surface area contributed by atoms with Gasteiger partial charge in [0.15, 0.2) is 9.50 Å². The number of H-pyrrole nitrogens is 1. The quantitative estimate of drug-likeness (QED) is 0.754. The highest BCUT2D eigenvalue weighted by atomic mass is 32.2. The molecule has 0 spiro atoms. The minimum absolute atomic E-state index is 0.706. The highest BCUT2D eigenvalue weighted by Gasteiger charge is 2.03. The summed E-state index contributed by atoms with van der Waals surface area (Å²) in [6.45, 7) is 0. The first-order chi connectivity index (χ1) is 5.84. The molecule has 0 aliphatic carbocycles. The number of aromatic amines is 1. The number of hydrogen-bond donors (Lipinski definition) is 2. The number of thiazole rings is 1. The zero-order valence-electron chi connectivity index (χ0n) is 5.89. The molecule has 0 unspecified atom stereocenters. The molecular weight excluding hydrogens is 194 g/mol. The average Bonchev–Trinajstić information content (AvgIpc) is 2.63. The van der Waals surface area contributed by atoms with E-state index in [1.165, 1.54) is 29.4 Å². The Morgan fingerprint density at radius 1 is 1.50 bits per heavy atom. The lowest BCUT2D eigenvalue weighted by Gasteiger charge is -1.86. The fourth-order valence-electron chi connectivity index (χ4n) is 0.643. The lowest BCUT2D eigenvalue weighted by molar-refractivity contribution is 0.972. The van der Waals surface area contributed by atoms with Gasteiger partial charge in [-0.2, -0.15) is 5.10 Å². The van der Waals surface area contributed by atoms with Crippen molar-refractivity contribution in [1.82, 2.24) is 20.2 Å². The number of aromatic nitrogens is 4. The summed E-state index contributed by atoms with van der Waals surface area (Å²) < 4.78 is 0.865. The Labute approximate surface area is 76.4 Å². The number of nitrogens with zero attached hydrogens (tertiary/aromatic N) is 3. The number of nitrogens with one attached hydrogen (secondary N) is 1. The minimum Gasteiger partial charge on any atom is -0.389 e. The van der Waals surface area contributed by atoms with Gasteiger partial charge in [-0.05, 0) is 11.8 Å². The topological polar surface area (TPSA) is 80.5 Å². The van der Waals surface area contributed by atoms with Crippen molar-refractivity contribution in [2.45, 2.75) is 9.50 Å². The summed E-state index contributed by atoms with van der Waals surface area (Å²) in [5.74, 6) is 0. The number of hydrogen-bond acceptors (Lipinski definition) is 6. The van der Waals surface area contributed by atoms with Crippen molar-refractivity contribution in [2.75, 3.05) is 5.73 Å². The second kappa shape index (κ2) is 3.11. The van der Waals surface area contributed by atoms with Crippen molar-refractivity contribution in [3.8, 4) is 0 Å². The largest absolute Gasteiger partial charge is 0.389 e. The second-order valence-electron chi connectivity index (χ2n) is 1.92. The van der Waals surface area contributed by atoms with Gasteiger partial charge in [0.05, 0.1) is 6.20 Å². The molecule has 0 fully saturated rings. The Balaban J connectivity index is 2.14. The monoisotopic (exact) mass is 199 g/mol. The summed E-state index contributed by atoms with van der Waals surface area (Å²) in [6.07, 6.45) is 3.09. The molecule has 2 aromatic rings. The van der Waals surface area contributed by atoms with E-state index >= 15 is 0 Å².